The van der Waals surface area contributed by atoms with Crippen molar-refractivity contribution in [2.45, 2.75) is 0 Å². The van der Waals surface area contributed by atoms with Gasteiger partial charge in [-0.05, 0) is 80.4 Å². The average Bonchev–Trinajstić information content (AvgIpc) is 3.62. The summed E-state index contributed by atoms with van der Waals surface area (Å²) in [4.78, 5) is 2.42. The monoisotopic (exact) mass is 679 g/mol. The summed E-state index contributed by atoms with van der Waals surface area (Å²) in [5.41, 5.74) is 10.6. The van der Waals surface area contributed by atoms with Crippen LogP contribution in [0.25, 0.3) is 75.1 Å². The van der Waals surface area contributed by atoms with E-state index in [4.69, 9.17) is 0 Å². The summed E-state index contributed by atoms with van der Waals surface area (Å²) in [5.74, 6) is 0. The van der Waals surface area contributed by atoms with E-state index in [9.17, 15) is 0 Å². The van der Waals surface area contributed by atoms with Crippen LogP contribution < -0.4 is 4.90 Å². The third kappa shape index (κ3) is 5.16. The molecule has 0 atom stereocenters. The van der Waals surface area contributed by atoms with Crippen LogP contribution in [0.4, 0.5) is 17.1 Å². The van der Waals surface area contributed by atoms with Gasteiger partial charge in [-0.25, -0.2) is 0 Å². The van der Waals surface area contributed by atoms with Crippen LogP contribution in [0.15, 0.2) is 200 Å². The van der Waals surface area contributed by atoms with Gasteiger partial charge in [0.05, 0.1) is 0 Å². The number of anilines is 3. The fourth-order valence-corrected chi connectivity index (χ4v) is 9.14. The van der Waals surface area contributed by atoms with Crippen LogP contribution in [-0.2, 0) is 0 Å². The van der Waals surface area contributed by atoms with Gasteiger partial charge in [0.25, 0.3) is 0 Å². The van der Waals surface area contributed by atoms with Gasteiger partial charge in [-0.3, -0.25) is 0 Å². The number of benzene rings is 9. The number of nitrogens with zero attached hydrogens (tertiary/aromatic N) is 1. The fraction of sp³-hybridized carbons (Fsp3) is 0. The van der Waals surface area contributed by atoms with Crippen molar-refractivity contribution < 1.29 is 0 Å². The van der Waals surface area contributed by atoms with Gasteiger partial charge < -0.3 is 4.90 Å². The Labute approximate surface area is 307 Å². The van der Waals surface area contributed by atoms with Crippen molar-refractivity contribution in [3.05, 3.63) is 200 Å². The second kappa shape index (κ2) is 12.7. The molecule has 2 heteroatoms. The number of hydrogen-bond acceptors (Lipinski definition) is 2. The van der Waals surface area contributed by atoms with Gasteiger partial charge in [0.15, 0.2) is 0 Å². The Kier molecular flexibility index (Phi) is 7.41. The summed E-state index contributed by atoms with van der Waals surface area (Å²) in [6.45, 7) is 0. The zero-order valence-electron chi connectivity index (χ0n) is 28.4. The van der Waals surface area contributed by atoms with Gasteiger partial charge >= 0.3 is 0 Å². The number of hydrogen-bond donors (Lipinski definition) is 0. The average molecular weight is 680 g/mol. The highest BCUT2D eigenvalue weighted by molar-refractivity contribution is 7.27. The molecule has 1 nitrogen and oxygen atoms in total. The Morgan fingerprint density at radius 3 is 1.25 bits per heavy atom. The Morgan fingerprint density at radius 2 is 0.712 bits per heavy atom. The number of fused-ring (bicyclic) bond motifs is 8. The highest BCUT2D eigenvalue weighted by atomic mass is 32.1. The summed E-state index contributed by atoms with van der Waals surface area (Å²) in [6, 6.07) is 72.7. The molecule has 0 saturated carbocycles. The normalized spacial score (nSPS) is 11.5. The van der Waals surface area contributed by atoms with Crippen LogP contribution in [0.1, 0.15) is 0 Å². The van der Waals surface area contributed by atoms with E-state index in [0.29, 0.717) is 0 Å². The molecular weight excluding hydrogens is 647 g/mol. The third-order valence-corrected chi connectivity index (χ3v) is 11.5. The lowest BCUT2D eigenvalue weighted by atomic mass is 9.95. The summed E-state index contributed by atoms with van der Waals surface area (Å²) >= 11 is 1.92. The maximum Gasteiger partial charge on any atom is 0.0475 e. The summed E-state index contributed by atoms with van der Waals surface area (Å²) in [7, 11) is 0. The maximum absolute atomic E-state index is 2.43. The van der Waals surface area contributed by atoms with Gasteiger partial charge in [-0.1, -0.05) is 164 Å². The van der Waals surface area contributed by atoms with E-state index in [0.717, 1.165) is 17.1 Å². The van der Waals surface area contributed by atoms with E-state index < -0.39 is 0 Å². The second-order valence-electron chi connectivity index (χ2n) is 13.3. The fourth-order valence-electron chi connectivity index (χ4n) is 7.77. The molecular formula is C50H33NS. The van der Waals surface area contributed by atoms with Crippen LogP contribution in [-0.4, -0.2) is 0 Å². The molecule has 0 aliphatic rings. The van der Waals surface area contributed by atoms with Crippen molar-refractivity contribution in [1.29, 1.82) is 0 Å². The van der Waals surface area contributed by atoms with E-state index in [-0.39, 0.29) is 0 Å². The maximum atomic E-state index is 2.43. The van der Waals surface area contributed by atoms with Crippen LogP contribution >= 0.6 is 11.3 Å². The zero-order valence-corrected chi connectivity index (χ0v) is 29.2. The summed E-state index contributed by atoms with van der Waals surface area (Å²) < 4.78 is 2.65. The zero-order chi connectivity index (χ0) is 34.4. The summed E-state index contributed by atoms with van der Waals surface area (Å²) in [5, 5.41) is 7.81. The molecule has 0 spiro atoms. The lowest BCUT2D eigenvalue weighted by molar-refractivity contribution is 1.29. The molecule has 1 aromatic heterocycles. The predicted molar refractivity (Wildman–Crippen MR) is 225 cm³/mol. The van der Waals surface area contributed by atoms with Gasteiger partial charge in [-0.15, -0.1) is 11.3 Å². The Hall–Kier alpha value is -6.48. The van der Waals surface area contributed by atoms with Crippen LogP contribution in [0.3, 0.4) is 0 Å². The molecule has 52 heavy (non-hydrogen) atoms. The first kappa shape index (κ1) is 30.4. The highest BCUT2D eigenvalue weighted by Crippen LogP contribution is 2.49. The van der Waals surface area contributed by atoms with Gasteiger partial charge in [0, 0.05) is 48.2 Å². The van der Waals surface area contributed by atoms with Crippen molar-refractivity contribution in [1.82, 2.24) is 0 Å². The van der Waals surface area contributed by atoms with E-state index in [2.05, 4.69) is 205 Å². The molecule has 0 amide bonds. The molecule has 10 aromatic rings. The minimum atomic E-state index is 1.11. The second-order valence-corrected chi connectivity index (χ2v) is 14.3. The lowest BCUT2D eigenvalue weighted by Crippen LogP contribution is -2.10. The Bertz CT molecular complexity index is 2770. The van der Waals surface area contributed by atoms with Gasteiger partial charge in [0.1, 0.15) is 0 Å². The van der Waals surface area contributed by atoms with Crippen molar-refractivity contribution in [3.63, 3.8) is 0 Å². The van der Waals surface area contributed by atoms with Crippen molar-refractivity contribution in [2.75, 3.05) is 4.90 Å². The topological polar surface area (TPSA) is 3.24 Å². The molecule has 10 rings (SSSR count). The van der Waals surface area contributed by atoms with E-state index in [1.807, 2.05) is 11.3 Å². The number of thiophene rings is 1. The minimum Gasteiger partial charge on any atom is -0.310 e. The Balaban J connectivity index is 1.26. The van der Waals surface area contributed by atoms with E-state index >= 15 is 0 Å². The molecule has 0 bridgehead atoms. The SMILES string of the molecule is c1ccc(-c2ccc(N(c3ccc(-c4ccccc4)cc3)c3cc(-c4ccccc4)c4sc5c6ccccc6c6ccccc6c5c4c3)cc2)cc1. The minimum absolute atomic E-state index is 1.11. The first-order valence-electron chi connectivity index (χ1n) is 17.8. The Morgan fingerprint density at radius 1 is 0.288 bits per heavy atom. The molecule has 0 aliphatic carbocycles. The van der Waals surface area contributed by atoms with Crippen molar-refractivity contribution in [2.24, 2.45) is 0 Å². The smallest absolute Gasteiger partial charge is 0.0475 e. The molecule has 0 radical (unpaired) electrons. The van der Waals surface area contributed by atoms with Gasteiger partial charge in [-0.2, -0.15) is 0 Å². The molecule has 0 saturated heterocycles. The summed E-state index contributed by atoms with van der Waals surface area (Å²) in [6.07, 6.45) is 0. The van der Waals surface area contributed by atoms with E-state index in [1.165, 1.54) is 75.1 Å². The van der Waals surface area contributed by atoms with Crippen molar-refractivity contribution >= 4 is 70.1 Å². The molecule has 0 aliphatic heterocycles. The molecule has 9 aromatic carbocycles. The lowest BCUT2D eigenvalue weighted by Gasteiger charge is -2.27. The first-order chi connectivity index (χ1) is 25.8. The molecule has 0 N–H and O–H groups in total. The van der Waals surface area contributed by atoms with E-state index in [1.54, 1.807) is 0 Å². The molecule has 0 fully saturated rings. The van der Waals surface area contributed by atoms with Crippen LogP contribution in [0.5, 0.6) is 0 Å². The van der Waals surface area contributed by atoms with Crippen molar-refractivity contribution in [3.8, 4) is 33.4 Å². The van der Waals surface area contributed by atoms with Gasteiger partial charge in [0.2, 0.25) is 0 Å². The first-order valence-corrected chi connectivity index (χ1v) is 18.6. The molecule has 0 unspecified atom stereocenters. The largest absolute Gasteiger partial charge is 0.310 e. The highest BCUT2D eigenvalue weighted by Gasteiger charge is 2.21. The number of rotatable bonds is 6. The van der Waals surface area contributed by atoms with Crippen LogP contribution in [0.2, 0.25) is 0 Å². The molecule has 244 valence electrons. The third-order valence-electron chi connectivity index (χ3n) is 10.2. The predicted octanol–water partition coefficient (Wildman–Crippen LogP) is 14.8. The molecule has 1 heterocycles. The van der Waals surface area contributed by atoms with Crippen LogP contribution in [0, 0.1) is 0 Å². The standard InChI is InChI=1S/C50H33NS/c1-4-14-34(15-5-1)36-24-28-39(29-25-36)51(40-30-26-37(27-31-40)35-16-6-2-7-17-35)41-32-46(38-18-8-3-9-19-38)49-47(33-41)48-44-22-12-10-20-42(44)43-21-11-13-23-45(43)50(48)52-49/h1-33H. The quantitative estimate of drug-likeness (QED) is 0.158.